The molecule has 2 aromatic carbocycles. The molecule has 0 radical (unpaired) electrons. The summed E-state index contributed by atoms with van der Waals surface area (Å²) in [6.07, 6.45) is -4.66. The van der Waals surface area contributed by atoms with Crippen LogP contribution in [0.15, 0.2) is 48.5 Å². The Morgan fingerprint density at radius 3 is 2.21 bits per heavy atom. The zero-order valence-corrected chi connectivity index (χ0v) is 14.3. The number of hydrogen-bond acceptors (Lipinski definition) is 1. The van der Waals surface area contributed by atoms with Gasteiger partial charge in [0.05, 0.1) is 0 Å². The Labute approximate surface area is 125 Å². The second-order valence-corrected chi connectivity index (χ2v) is 3.36. The number of rotatable bonds is 2. The van der Waals surface area contributed by atoms with E-state index in [4.69, 9.17) is 0 Å². The third-order valence-corrected chi connectivity index (χ3v) is 2.12. The van der Waals surface area contributed by atoms with Crippen LogP contribution >= 0.6 is 13.6 Å². The van der Waals surface area contributed by atoms with Crippen molar-refractivity contribution in [2.75, 3.05) is 0 Å². The quantitative estimate of drug-likeness (QED) is 0.530. The minimum atomic E-state index is -4.66. The molecule has 0 aromatic heterocycles. The molecule has 96 valence electrons. The fraction of sp³-hybridized carbons (Fsp3) is 0.0769. The van der Waals surface area contributed by atoms with E-state index < -0.39 is 6.36 Å². The van der Waals surface area contributed by atoms with E-state index in [-0.39, 0.29) is 5.75 Å². The van der Waals surface area contributed by atoms with Crippen molar-refractivity contribution in [2.24, 2.45) is 0 Å². The molecular formula is C13H8BrF3OZn. The fourth-order valence-electron chi connectivity index (χ4n) is 1.45. The summed E-state index contributed by atoms with van der Waals surface area (Å²) in [6, 6.07) is 15.6. The molecule has 1 nitrogen and oxygen atoms in total. The Balaban J connectivity index is 0.000000861. The monoisotopic (exact) mass is 380 g/mol. The summed E-state index contributed by atoms with van der Waals surface area (Å²) >= 11 is 4.25. The molecule has 0 bridgehead atoms. The fourth-order valence-corrected chi connectivity index (χ4v) is 1.45. The predicted octanol–water partition coefficient (Wildman–Crippen LogP) is 4.90. The Hall–Kier alpha value is -0.867. The van der Waals surface area contributed by atoms with Crippen molar-refractivity contribution in [3.63, 3.8) is 0 Å². The predicted molar refractivity (Wildman–Crippen MR) is 66.3 cm³/mol. The Bertz CT molecular complexity index is 503. The number of benzene rings is 2. The molecule has 0 fully saturated rings. The molecular weight excluding hydrogens is 374 g/mol. The molecule has 0 unspecified atom stereocenters. The molecule has 0 saturated carbocycles. The molecule has 0 spiro atoms. The van der Waals surface area contributed by atoms with Crippen LogP contribution in [0, 0.1) is 6.07 Å². The maximum atomic E-state index is 12.0. The molecule has 0 N–H and O–H groups in total. The van der Waals surface area contributed by atoms with Crippen LogP contribution in [0.4, 0.5) is 13.2 Å². The summed E-state index contributed by atoms with van der Waals surface area (Å²) in [5.41, 5.74) is 1.48. The second kappa shape index (κ2) is 7.66. The van der Waals surface area contributed by atoms with Gasteiger partial charge < -0.3 is 4.74 Å². The van der Waals surface area contributed by atoms with Crippen molar-refractivity contribution in [3.05, 3.63) is 54.6 Å². The van der Waals surface area contributed by atoms with Crippen molar-refractivity contribution >= 4 is 13.6 Å². The van der Waals surface area contributed by atoms with E-state index in [1.807, 2.05) is 0 Å². The van der Waals surface area contributed by atoms with E-state index in [1.54, 1.807) is 30.3 Å². The first-order valence-electron chi connectivity index (χ1n) is 5.14. The normalized spacial score (nSPS) is 10.4. The Morgan fingerprint density at radius 1 is 1.00 bits per heavy atom. The van der Waals surface area contributed by atoms with Crippen molar-refractivity contribution in [2.45, 2.75) is 6.36 Å². The van der Waals surface area contributed by atoms with Crippen LogP contribution in [-0.4, -0.2) is 6.36 Å². The average Bonchev–Trinajstić information content (AvgIpc) is 2.40. The van der Waals surface area contributed by atoms with Crippen molar-refractivity contribution in [1.82, 2.24) is 0 Å². The summed E-state index contributed by atoms with van der Waals surface area (Å²) < 4.78 is 40.0. The van der Waals surface area contributed by atoms with Gasteiger partial charge in [-0.15, -0.1) is 18.7 Å². The molecule has 0 aliphatic heterocycles. The van der Waals surface area contributed by atoms with Crippen molar-refractivity contribution in [1.29, 1.82) is 0 Å². The van der Waals surface area contributed by atoms with Crippen LogP contribution in [0.25, 0.3) is 11.1 Å². The van der Waals surface area contributed by atoms with Crippen LogP contribution in [-0.2, 0) is 16.3 Å². The molecule has 19 heavy (non-hydrogen) atoms. The molecule has 0 heterocycles. The minimum absolute atomic E-state index is 0.220. The van der Waals surface area contributed by atoms with Gasteiger partial charge >= 0.3 is 36.3 Å². The third kappa shape index (κ3) is 5.75. The number of halogens is 4. The van der Waals surface area contributed by atoms with Crippen LogP contribution in [0.3, 0.4) is 0 Å². The molecule has 0 aliphatic carbocycles. The SMILES string of the molecule is FC(F)(F)Oc1cccc(-c2cc[c-]cc2)c1.[Zn+][Br]. The summed E-state index contributed by atoms with van der Waals surface area (Å²) in [5, 5.41) is 0. The topological polar surface area (TPSA) is 9.23 Å². The van der Waals surface area contributed by atoms with Gasteiger partial charge in [0.1, 0.15) is 5.75 Å². The first kappa shape index (κ1) is 16.2. The zero-order chi connectivity index (χ0) is 14.3. The number of alkyl halides is 3. The van der Waals surface area contributed by atoms with E-state index in [2.05, 4.69) is 24.4 Å². The molecule has 6 heteroatoms. The van der Waals surface area contributed by atoms with Crippen LogP contribution in [0.1, 0.15) is 0 Å². The zero-order valence-electron chi connectivity index (χ0n) is 9.75. The first-order valence-corrected chi connectivity index (χ1v) is 12.1. The second-order valence-electron chi connectivity index (χ2n) is 3.36. The molecule has 0 atom stereocenters. The van der Waals surface area contributed by atoms with Gasteiger partial charge in [0.15, 0.2) is 0 Å². The summed E-state index contributed by atoms with van der Waals surface area (Å²) in [6.45, 7) is 0. The van der Waals surface area contributed by atoms with Gasteiger partial charge in [0.2, 0.25) is 0 Å². The van der Waals surface area contributed by atoms with Crippen LogP contribution in [0.2, 0.25) is 0 Å². The summed E-state index contributed by atoms with van der Waals surface area (Å²) in [4.78, 5) is 0. The van der Waals surface area contributed by atoms with Crippen LogP contribution in [0.5, 0.6) is 5.75 Å². The van der Waals surface area contributed by atoms with Crippen molar-refractivity contribution < 1.29 is 34.3 Å². The maximum absolute atomic E-state index is 12.0. The Kier molecular flexibility index (Phi) is 6.52. The van der Waals surface area contributed by atoms with E-state index in [0.717, 1.165) is 5.56 Å². The van der Waals surface area contributed by atoms with E-state index in [0.29, 0.717) is 5.56 Å². The Morgan fingerprint density at radius 2 is 1.63 bits per heavy atom. The molecule has 2 aromatic rings. The van der Waals surface area contributed by atoms with Gasteiger partial charge in [-0.05, 0) is 17.7 Å². The molecule has 0 amide bonds. The molecule has 0 aliphatic rings. The molecule has 2 rings (SSSR count). The van der Waals surface area contributed by atoms with Gasteiger partial charge in [-0.2, -0.15) is 30.3 Å². The van der Waals surface area contributed by atoms with E-state index >= 15 is 0 Å². The van der Waals surface area contributed by atoms with Crippen LogP contribution < -0.4 is 4.74 Å². The summed E-state index contributed by atoms with van der Waals surface area (Å²) in [7, 11) is 0. The first-order chi connectivity index (χ1) is 9.04. The van der Waals surface area contributed by atoms with Gasteiger partial charge in [0.25, 0.3) is 0 Å². The summed E-state index contributed by atoms with van der Waals surface area (Å²) in [5.74, 6) is -0.220. The van der Waals surface area contributed by atoms with Gasteiger partial charge in [-0.1, -0.05) is 12.1 Å². The number of hydrogen-bond donors (Lipinski definition) is 0. The van der Waals surface area contributed by atoms with Gasteiger partial charge in [-0.3, -0.25) is 0 Å². The third-order valence-electron chi connectivity index (χ3n) is 2.12. The standard InChI is InChI=1S/C13H8F3O.BrH.Zn/c14-13(15,16)17-12-8-4-7-11(9-12)10-5-2-1-3-6-10;;/h2-9H;1H;/q-1;;+2/p-1. The average molecular weight is 382 g/mol. The number of ether oxygens (including phenoxy) is 1. The van der Waals surface area contributed by atoms with E-state index in [1.165, 1.54) is 34.5 Å². The van der Waals surface area contributed by atoms with E-state index in [9.17, 15) is 13.2 Å². The van der Waals surface area contributed by atoms with Crippen molar-refractivity contribution in [3.8, 4) is 16.9 Å². The molecule has 0 saturated heterocycles. The van der Waals surface area contributed by atoms with Gasteiger partial charge in [-0.25, -0.2) is 0 Å². The van der Waals surface area contributed by atoms with Gasteiger partial charge in [0, 0.05) is 0 Å².